The summed E-state index contributed by atoms with van der Waals surface area (Å²) >= 11 is 3.49. The second kappa shape index (κ2) is 49.0. The highest BCUT2D eigenvalue weighted by molar-refractivity contribution is 7.99. The van der Waals surface area contributed by atoms with Crippen molar-refractivity contribution >= 4 is 157 Å². The molecule has 4 aliphatic heterocycles. The molecule has 732 valence electrons. The molecule has 12 bridgehead atoms. The number of rotatable bonds is 12. The quantitative estimate of drug-likeness (QED) is 0.0828. The van der Waals surface area contributed by atoms with Gasteiger partial charge < -0.3 is 99.1 Å². The van der Waals surface area contributed by atoms with Gasteiger partial charge in [0.1, 0.15) is 60.2 Å². The highest BCUT2D eigenvalue weighted by Crippen LogP contribution is 2.30. The van der Waals surface area contributed by atoms with Crippen LogP contribution in [0, 0.1) is 23.7 Å². The maximum Gasteiger partial charge on any atom is 0.305 e. The monoisotopic (exact) mass is 1940 g/mol. The summed E-state index contributed by atoms with van der Waals surface area (Å²) < 4.78 is 0. The Hall–Kier alpha value is -12.5. The van der Waals surface area contributed by atoms with E-state index in [-0.39, 0.29) is 162 Å². The summed E-state index contributed by atoms with van der Waals surface area (Å²) in [5, 5.41) is 47.4. The number of hydrogen-bond donors (Lipinski definition) is 15. The van der Waals surface area contributed by atoms with E-state index >= 15 is 33.6 Å². The minimum atomic E-state index is -1.94. The van der Waals surface area contributed by atoms with Crippen molar-refractivity contribution in [2.45, 2.75) is 224 Å². The van der Waals surface area contributed by atoms with Gasteiger partial charge in [0.05, 0.1) is 31.0 Å². The van der Waals surface area contributed by atoms with Crippen molar-refractivity contribution < 1.29 is 91.7 Å². The number of para-hydroxylation sites is 2. The lowest BCUT2D eigenvalue weighted by Gasteiger charge is -2.32. The Balaban J connectivity index is 0.920. The zero-order valence-corrected chi connectivity index (χ0v) is 79.9. The van der Waals surface area contributed by atoms with Gasteiger partial charge >= 0.3 is 5.97 Å². The maximum atomic E-state index is 15.7. The number of carbonyl (C=O) groups is 17. The molecular formula is C98H123N17O19S3. The van der Waals surface area contributed by atoms with E-state index in [0.29, 0.717) is 72.7 Å². The Morgan fingerprint density at radius 3 is 1.45 bits per heavy atom. The number of H-pyrrole nitrogens is 2. The predicted molar refractivity (Wildman–Crippen MR) is 516 cm³/mol. The van der Waals surface area contributed by atoms with Crippen LogP contribution in [-0.4, -0.2) is 254 Å². The molecule has 137 heavy (non-hydrogen) atoms. The molecule has 1 saturated heterocycles. The summed E-state index contributed by atoms with van der Waals surface area (Å²) in [6, 6.07) is 22.1. The normalized spacial score (nSPS) is 24.7. The van der Waals surface area contributed by atoms with Crippen LogP contribution in [0.5, 0.6) is 0 Å². The van der Waals surface area contributed by atoms with Gasteiger partial charge in [-0.1, -0.05) is 137 Å². The summed E-state index contributed by atoms with van der Waals surface area (Å²) in [5.41, 5.74) is 18.7. The fourth-order valence-electron chi connectivity index (χ4n) is 17.7. The van der Waals surface area contributed by atoms with Gasteiger partial charge in [0.2, 0.25) is 82.7 Å². The summed E-state index contributed by atoms with van der Waals surface area (Å²) in [7, 11) is 0. The van der Waals surface area contributed by atoms with Crippen molar-refractivity contribution in [2.24, 2.45) is 35.1 Å². The molecule has 5 aromatic carbocycles. The number of fused-ring (bicyclic) bond motifs is 15. The molecule has 5 aliphatic rings. The van der Waals surface area contributed by atoms with E-state index in [4.69, 9.17) is 11.5 Å². The molecule has 14 amide bonds. The number of thioether (sulfide) groups is 3. The van der Waals surface area contributed by atoms with Crippen LogP contribution in [0.25, 0.3) is 21.8 Å². The fourth-order valence-corrected chi connectivity index (χ4v) is 20.7. The van der Waals surface area contributed by atoms with E-state index in [1.807, 2.05) is 72.8 Å². The molecule has 12 rings (SSSR count). The van der Waals surface area contributed by atoms with E-state index in [2.05, 4.69) is 57.8 Å². The minimum absolute atomic E-state index is 0.00357. The number of aliphatic hydroxyl groups excluding tert-OH is 1. The van der Waals surface area contributed by atoms with E-state index in [9.17, 15) is 58.2 Å². The average molecular weight is 1940 g/mol. The summed E-state index contributed by atoms with van der Waals surface area (Å²) in [5.74, 6) is -17.5. The van der Waals surface area contributed by atoms with Crippen molar-refractivity contribution in [3.63, 3.8) is 0 Å². The van der Waals surface area contributed by atoms with Gasteiger partial charge in [0.25, 0.3) is 0 Å². The van der Waals surface area contributed by atoms with Crippen LogP contribution in [-0.2, 0) is 134 Å². The van der Waals surface area contributed by atoms with Crippen LogP contribution in [0.15, 0.2) is 134 Å². The second-order valence-electron chi connectivity index (χ2n) is 36.6. The van der Waals surface area contributed by atoms with Gasteiger partial charge in [0.15, 0.2) is 5.78 Å². The van der Waals surface area contributed by atoms with Crippen molar-refractivity contribution in [1.29, 1.82) is 0 Å². The van der Waals surface area contributed by atoms with Gasteiger partial charge in [-0.05, 0) is 108 Å². The molecule has 6 heterocycles. The molecule has 13 atom stereocenters. The van der Waals surface area contributed by atoms with Crippen LogP contribution >= 0.6 is 35.3 Å². The number of aromatic nitrogens is 2. The number of amides is 14. The predicted octanol–water partition coefficient (Wildman–Crippen LogP) is 3.73. The molecule has 7 aromatic rings. The number of Topliss-reactive ketones (excluding diaryl/α,β-unsaturated/α-hetero) is 2. The van der Waals surface area contributed by atoms with Gasteiger partial charge in [0, 0.05) is 165 Å². The van der Waals surface area contributed by atoms with Crippen LogP contribution in [0.3, 0.4) is 0 Å². The Morgan fingerprint density at radius 1 is 0.474 bits per heavy atom. The first-order valence-corrected chi connectivity index (χ1v) is 50.0. The lowest BCUT2D eigenvalue weighted by atomic mass is 9.85. The Bertz CT molecular complexity index is 5610. The Labute approximate surface area is 806 Å². The molecule has 0 unspecified atom stereocenters. The number of hydrogen-bond acceptors (Lipinski definition) is 22. The Morgan fingerprint density at radius 2 is 0.956 bits per heavy atom. The number of nitrogens with one attached hydrogen (secondary N) is 11. The molecule has 39 heteroatoms. The number of primary amides is 1. The van der Waals surface area contributed by atoms with Gasteiger partial charge in [-0.2, -0.15) is 35.3 Å². The molecule has 1 saturated carbocycles. The summed E-state index contributed by atoms with van der Waals surface area (Å²) in [6.45, 7) is 7.42. The molecule has 2 aromatic heterocycles. The van der Waals surface area contributed by atoms with Crippen molar-refractivity contribution in [3.05, 3.63) is 178 Å². The van der Waals surface area contributed by atoms with Crippen LogP contribution in [0.1, 0.15) is 150 Å². The lowest BCUT2D eigenvalue weighted by molar-refractivity contribution is -0.143. The van der Waals surface area contributed by atoms with Crippen LogP contribution in [0.4, 0.5) is 0 Å². The summed E-state index contributed by atoms with van der Waals surface area (Å²) in [6.07, 6.45) is -0.395. The Kier molecular flexibility index (Phi) is 37.0. The molecule has 17 N–H and O–H groups in total. The second-order valence-corrected chi connectivity index (χ2v) is 40.0. The minimum Gasteiger partial charge on any atom is -0.481 e. The fraction of sp³-hybridized carbons (Fsp3) is 0.480. The number of nitrogens with two attached hydrogens (primary N) is 2. The van der Waals surface area contributed by atoms with E-state index in [1.165, 1.54) is 35.3 Å². The summed E-state index contributed by atoms with van der Waals surface area (Å²) in [4.78, 5) is 262. The van der Waals surface area contributed by atoms with E-state index < -0.39 is 192 Å². The number of aliphatic carboxylic acids is 1. The third kappa shape index (κ3) is 28.8. The van der Waals surface area contributed by atoms with Crippen molar-refractivity contribution in [2.75, 3.05) is 47.6 Å². The number of nitrogens with zero attached hydrogens (tertiary/aromatic N) is 4. The molecule has 0 radical (unpaired) electrons. The van der Waals surface area contributed by atoms with Gasteiger partial charge in [-0.15, -0.1) is 0 Å². The maximum absolute atomic E-state index is 15.7. The van der Waals surface area contributed by atoms with Crippen LogP contribution < -0.4 is 59.3 Å². The van der Waals surface area contributed by atoms with E-state index in [0.717, 1.165) is 11.8 Å². The van der Waals surface area contributed by atoms with Crippen molar-refractivity contribution in [3.8, 4) is 0 Å². The zero-order valence-electron chi connectivity index (χ0n) is 77.5. The van der Waals surface area contributed by atoms with Gasteiger partial charge in [-0.25, -0.2) is 0 Å². The smallest absolute Gasteiger partial charge is 0.305 e. The number of carbonyl (C=O) groups excluding carboxylic acids is 16. The number of aromatic amines is 2. The van der Waals surface area contributed by atoms with Crippen LogP contribution in [0.2, 0.25) is 0 Å². The molecule has 36 nitrogen and oxygen atoms in total. The van der Waals surface area contributed by atoms with Crippen molar-refractivity contribution in [1.82, 2.24) is 77.4 Å². The highest BCUT2D eigenvalue weighted by atomic mass is 32.2. The number of ketones is 2. The number of carboxylic acids is 1. The topological polar surface area (TPSA) is 535 Å². The molecule has 0 spiro atoms. The largest absolute Gasteiger partial charge is 0.481 e. The lowest BCUT2D eigenvalue weighted by Crippen LogP contribution is -2.61. The first-order valence-electron chi connectivity index (χ1n) is 46.5. The highest BCUT2D eigenvalue weighted by Gasteiger charge is 2.44. The third-order valence-corrected chi connectivity index (χ3v) is 28.5. The number of benzene rings is 5. The first-order chi connectivity index (χ1) is 65.6. The molecular weight excluding hydrogens is 1820 g/mol. The standard InChI is InChI=1S/C98H123N17O19S3/c1-55(2)86-97(133)106-74(42-85(123)124)92(128)103-45-81(119)104-72(38-65-43-101-70-24-8-6-22-68(65)70)93(129)110-87(56(3)4)98(134)115-31-14-26-77(115)96(132)107-75(89(100)125)53-136-33-29-83(121)113-48-60-17-10-15-58(35-60)46-112-47-59-16-11-19-62(36-59)50-114(51-63-20-12-18-61(37-63)49-113)84(122)30-34-137-54-76(95(131)105-73(94(130)109-86)39-66-44-102-71-25-9-7-23-69(66)71)108-90(126)64-21-13-27-78(116)88(80(118)40-64)111-91(127)67(41-79(117)57(5)99)52-135-32-28-82(112)120/h6-12,15-20,22-25,35-37,43-44,55-57,64,67,72-78,86-88,101-102,116H,13-14,21,26-34,38-42,45-54,99H2,1-5H3,(H2,100,125)(H,103,128)(H,104,119)(H,105,131)(H,106,133)(H,107,132)(H,108,126)(H,109,130)(H,110,129)(H,111,127)(H,123,124)/t57-,64+,67-,72-,73-,74-,75-,76-,77-,78+,86-,87-,88-/m0/s1. The molecule has 1 aliphatic carbocycles. The molecule has 2 fully saturated rings. The number of carboxylic acid groups (broad SMARTS) is 1. The first kappa shape index (κ1) is 103. The van der Waals surface area contributed by atoms with Gasteiger partial charge in [-0.3, -0.25) is 81.5 Å². The third-order valence-electron chi connectivity index (χ3n) is 25.3. The zero-order chi connectivity index (χ0) is 98.3. The SMILES string of the molecule is CC(C)[C@@H]1NC(=O)[C@H](Cc2c[nH]c3ccccc23)NC(=O)[C@@H]2CSCCC(=O)N3Cc4cccc(c4)CN(Cc4cccc(c4)CN(Cc4cccc(c4)C3)C(=O)CCSC[C@@H](C(N)=O)NC(=O)[C@@H]3CCCN3C(=O)[C@H](C(C)C)NC(=O)[C@H](Cc3c[nH]c4ccccc34)NC(=O)CNC(=O)[C@H](CC(=O)O)NC1=O)C(=O)CCSC[C@H](CC(=O)[C@H](C)N)C(=O)N[C@@H]1C(=O)C[C@@H](CCC[C@H]1O)C(=O)N2. The van der Waals surface area contributed by atoms with E-state index in [1.54, 1.807) is 103 Å². The number of aliphatic hydroxyl groups is 1. The average Bonchev–Trinajstić information content (AvgIpc) is 1.69.